The largest absolute Gasteiger partial charge is 0.444 e. The fourth-order valence-corrected chi connectivity index (χ4v) is 3.13. The quantitative estimate of drug-likeness (QED) is 0.639. The lowest BCUT2D eigenvalue weighted by Gasteiger charge is -2.38. The van der Waals surface area contributed by atoms with Crippen LogP contribution in [0.1, 0.15) is 67.2 Å². The zero-order valence-corrected chi connectivity index (χ0v) is 17.0. The number of amides is 1. The predicted molar refractivity (Wildman–Crippen MR) is 99.7 cm³/mol. The van der Waals surface area contributed by atoms with Crippen LogP contribution < -0.4 is 5.32 Å². The van der Waals surface area contributed by atoms with Crippen molar-refractivity contribution >= 4 is 6.09 Å². The van der Waals surface area contributed by atoms with Crippen molar-refractivity contribution in [1.82, 2.24) is 10.2 Å². The Kier molecular flexibility index (Phi) is 9.75. The molecule has 0 aromatic carbocycles. The molecule has 1 fully saturated rings. The summed E-state index contributed by atoms with van der Waals surface area (Å²) in [6.07, 6.45) is 3.75. The number of ether oxygens (including phenoxy) is 3. The maximum absolute atomic E-state index is 12.5. The van der Waals surface area contributed by atoms with Crippen LogP contribution in [-0.4, -0.2) is 61.3 Å². The first-order valence-electron chi connectivity index (χ1n) is 9.73. The van der Waals surface area contributed by atoms with E-state index in [1.54, 1.807) is 0 Å². The third-order valence-corrected chi connectivity index (χ3v) is 4.22. The van der Waals surface area contributed by atoms with Crippen molar-refractivity contribution in [2.24, 2.45) is 0 Å². The SMILES string of the molecule is CCOC(CNC(C)CC1CCCCN1C(=O)OC(C)(C)C)OCC. The van der Waals surface area contributed by atoms with Crippen LogP contribution in [0.5, 0.6) is 0 Å². The van der Waals surface area contributed by atoms with Crippen LogP contribution in [0.2, 0.25) is 0 Å². The van der Waals surface area contributed by atoms with E-state index in [2.05, 4.69) is 12.2 Å². The molecule has 0 aromatic heterocycles. The molecule has 1 saturated heterocycles. The van der Waals surface area contributed by atoms with Crippen LogP contribution in [0.15, 0.2) is 0 Å². The topological polar surface area (TPSA) is 60.0 Å². The van der Waals surface area contributed by atoms with Crippen molar-refractivity contribution in [2.45, 2.75) is 91.2 Å². The summed E-state index contributed by atoms with van der Waals surface area (Å²) >= 11 is 0. The Morgan fingerprint density at radius 1 is 1.20 bits per heavy atom. The molecule has 0 aliphatic carbocycles. The van der Waals surface area contributed by atoms with Gasteiger partial charge in [0.1, 0.15) is 5.60 Å². The standard InChI is InChI=1S/C19H38N2O4/c1-7-23-17(24-8-2)14-20-15(3)13-16-11-9-10-12-21(16)18(22)25-19(4,5)6/h15-17,20H,7-14H2,1-6H3. The molecule has 0 spiro atoms. The molecule has 1 aliphatic rings. The van der Waals surface area contributed by atoms with Gasteiger partial charge in [-0.1, -0.05) is 0 Å². The first-order valence-corrected chi connectivity index (χ1v) is 9.73. The zero-order chi connectivity index (χ0) is 18.9. The van der Waals surface area contributed by atoms with E-state index in [0.29, 0.717) is 19.8 Å². The van der Waals surface area contributed by atoms with Crippen LogP contribution in [0, 0.1) is 0 Å². The van der Waals surface area contributed by atoms with Gasteiger partial charge in [-0.05, 0) is 67.2 Å². The number of rotatable bonds is 9. The molecule has 6 heteroatoms. The lowest BCUT2D eigenvalue weighted by Crippen LogP contribution is -2.49. The number of likely N-dealkylation sites (tertiary alicyclic amines) is 1. The number of carbonyl (C=O) groups excluding carboxylic acids is 1. The normalized spacial score (nSPS) is 20.0. The van der Waals surface area contributed by atoms with E-state index in [1.807, 2.05) is 39.5 Å². The maximum atomic E-state index is 12.5. The zero-order valence-electron chi connectivity index (χ0n) is 17.0. The van der Waals surface area contributed by atoms with Gasteiger partial charge in [0.05, 0.1) is 0 Å². The second-order valence-electron chi connectivity index (χ2n) is 7.71. The van der Waals surface area contributed by atoms with Gasteiger partial charge in [-0.15, -0.1) is 0 Å². The number of piperidine rings is 1. The molecule has 1 heterocycles. The van der Waals surface area contributed by atoms with Crippen LogP contribution in [0.25, 0.3) is 0 Å². The van der Waals surface area contributed by atoms with Crippen LogP contribution in [0.3, 0.4) is 0 Å². The van der Waals surface area contributed by atoms with Crippen molar-refractivity contribution in [3.8, 4) is 0 Å². The average Bonchev–Trinajstić information content (AvgIpc) is 2.52. The van der Waals surface area contributed by atoms with Crippen LogP contribution in [-0.2, 0) is 14.2 Å². The molecule has 6 nitrogen and oxygen atoms in total. The average molecular weight is 359 g/mol. The minimum Gasteiger partial charge on any atom is -0.444 e. The van der Waals surface area contributed by atoms with Gasteiger partial charge in [0.15, 0.2) is 6.29 Å². The highest BCUT2D eigenvalue weighted by Gasteiger charge is 2.31. The summed E-state index contributed by atoms with van der Waals surface area (Å²) in [5.41, 5.74) is -0.453. The maximum Gasteiger partial charge on any atom is 0.410 e. The summed E-state index contributed by atoms with van der Waals surface area (Å²) in [6.45, 7) is 14.5. The van der Waals surface area contributed by atoms with Crippen molar-refractivity contribution < 1.29 is 19.0 Å². The number of hydrogen-bond donors (Lipinski definition) is 1. The highest BCUT2D eigenvalue weighted by atomic mass is 16.7. The van der Waals surface area contributed by atoms with Crippen molar-refractivity contribution in [3.05, 3.63) is 0 Å². The predicted octanol–water partition coefficient (Wildman–Crippen LogP) is 3.54. The number of hydrogen-bond acceptors (Lipinski definition) is 5. The monoisotopic (exact) mass is 358 g/mol. The molecule has 0 bridgehead atoms. The van der Waals surface area contributed by atoms with Gasteiger partial charge in [-0.3, -0.25) is 0 Å². The summed E-state index contributed by atoms with van der Waals surface area (Å²) in [4.78, 5) is 14.4. The van der Waals surface area contributed by atoms with E-state index >= 15 is 0 Å². The van der Waals surface area contributed by atoms with E-state index in [1.165, 1.54) is 0 Å². The van der Waals surface area contributed by atoms with E-state index in [9.17, 15) is 4.79 Å². The van der Waals surface area contributed by atoms with Gasteiger partial charge in [0.25, 0.3) is 0 Å². The highest BCUT2D eigenvalue weighted by molar-refractivity contribution is 5.68. The molecular weight excluding hydrogens is 320 g/mol. The Bertz CT molecular complexity index is 378. The Morgan fingerprint density at radius 3 is 2.40 bits per heavy atom. The van der Waals surface area contributed by atoms with E-state index in [-0.39, 0.29) is 24.5 Å². The van der Waals surface area contributed by atoms with Crippen molar-refractivity contribution in [2.75, 3.05) is 26.3 Å². The first kappa shape index (κ1) is 22.2. The molecule has 1 amide bonds. The molecule has 1 N–H and O–H groups in total. The van der Waals surface area contributed by atoms with Crippen LogP contribution >= 0.6 is 0 Å². The van der Waals surface area contributed by atoms with Gasteiger partial charge in [0, 0.05) is 38.4 Å². The van der Waals surface area contributed by atoms with Gasteiger partial charge in [0.2, 0.25) is 0 Å². The minimum absolute atomic E-state index is 0.189. The third kappa shape index (κ3) is 8.88. The second-order valence-corrected chi connectivity index (χ2v) is 7.71. The smallest absolute Gasteiger partial charge is 0.410 e. The molecule has 2 atom stereocenters. The van der Waals surface area contributed by atoms with Crippen LogP contribution in [0.4, 0.5) is 4.79 Å². The summed E-state index contributed by atoms with van der Waals surface area (Å²) in [5, 5.41) is 3.48. The summed E-state index contributed by atoms with van der Waals surface area (Å²) in [7, 11) is 0. The van der Waals surface area contributed by atoms with Gasteiger partial charge in [-0.2, -0.15) is 0 Å². The van der Waals surface area contributed by atoms with E-state index in [0.717, 1.165) is 32.2 Å². The Hall–Kier alpha value is -0.850. The fourth-order valence-electron chi connectivity index (χ4n) is 3.13. The molecule has 0 saturated carbocycles. The molecule has 2 unspecified atom stereocenters. The minimum atomic E-state index is -0.453. The summed E-state index contributed by atoms with van der Waals surface area (Å²) in [6, 6.07) is 0.500. The Morgan fingerprint density at radius 2 is 1.84 bits per heavy atom. The molecule has 0 radical (unpaired) electrons. The molecule has 25 heavy (non-hydrogen) atoms. The second kappa shape index (κ2) is 11.0. The van der Waals surface area contributed by atoms with Gasteiger partial charge < -0.3 is 24.4 Å². The Labute approximate surface area is 153 Å². The van der Waals surface area contributed by atoms with Crippen molar-refractivity contribution in [1.29, 1.82) is 0 Å². The number of nitrogens with one attached hydrogen (secondary N) is 1. The third-order valence-electron chi connectivity index (χ3n) is 4.22. The van der Waals surface area contributed by atoms with E-state index in [4.69, 9.17) is 14.2 Å². The van der Waals surface area contributed by atoms with Gasteiger partial charge in [-0.25, -0.2) is 4.79 Å². The molecule has 1 aliphatic heterocycles. The van der Waals surface area contributed by atoms with E-state index < -0.39 is 5.60 Å². The summed E-state index contributed by atoms with van der Waals surface area (Å²) in [5.74, 6) is 0. The fraction of sp³-hybridized carbons (Fsp3) is 0.947. The number of nitrogens with zero attached hydrogens (tertiary/aromatic N) is 1. The molecule has 0 aromatic rings. The lowest BCUT2D eigenvalue weighted by atomic mass is 9.96. The Balaban J connectivity index is 2.51. The van der Waals surface area contributed by atoms with Crippen molar-refractivity contribution in [3.63, 3.8) is 0 Å². The molecule has 1 rings (SSSR count). The molecule has 148 valence electrons. The van der Waals surface area contributed by atoms with Gasteiger partial charge >= 0.3 is 6.09 Å². The highest BCUT2D eigenvalue weighted by Crippen LogP contribution is 2.23. The summed E-state index contributed by atoms with van der Waals surface area (Å²) < 4.78 is 16.7. The molecular formula is C19H38N2O4. The number of carbonyl (C=O) groups is 1. The lowest BCUT2D eigenvalue weighted by molar-refractivity contribution is -0.133. The first-order chi connectivity index (χ1) is 11.8.